The van der Waals surface area contributed by atoms with E-state index in [0.29, 0.717) is 6.04 Å². The zero-order valence-corrected chi connectivity index (χ0v) is 8.06. The molecule has 0 saturated heterocycles. The average molecular weight is 155 g/mol. The second kappa shape index (κ2) is 6.41. The Labute approximate surface area is 70.9 Å². The summed E-state index contributed by atoms with van der Waals surface area (Å²) in [6.07, 6.45) is 4.30. The van der Waals surface area contributed by atoms with Crippen molar-refractivity contribution < 1.29 is 0 Å². The average Bonchev–Trinajstić information content (AvgIpc) is 1.87. The summed E-state index contributed by atoms with van der Waals surface area (Å²) in [5.41, 5.74) is 0. The van der Waals surface area contributed by atoms with Gasteiger partial charge in [0.15, 0.2) is 0 Å². The van der Waals surface area contributed by atoms with Crippen LogP contribution >= 0.6 is 0 Å². The largest absolute Gasteiger partial charge is 0.314 e. The van der Waals surface area contributed by atoms with Crippen LogP contribution in [0, 0.1) is 5.92 Å². The van der Waals surface area contributed by atoms with Crippen LogP contribution in [-0.4, -0.2) is 12.6 Å². The molecule has 0 aliphatic rings. The number of rotatable bonds is 6. The molecule has 1 unspecified atom stereocenters. The summed E-state index contributed by atoms with van der Waals surface area (Å²) >= 11 is 0. The third-order valence-electron chi connectivity index (χ3n) is 1.73. The Hall–Kier alpha value is -0.300. The van der Waals surface area contributed by atoms with Crippen molar-refractivity contribution in [3.8, 4) is 0 Å². The van der Waals surface area contributed by atoms with Crippen molar-refractivity contribution in [2.24, 2.45) is 5.92 Å². The van der Waals surface area contributed by atoms with Crippen molar-refractivity contribution in [3.63, 3.8) is 0 Å². The lowest BCUT2D eigenvalue weighted by atomic mass is 10.1. The fourth-order valence-corrected chi connectivity index (χ4v) is 0.952. The Morgan fingerprint density at radius 3 is 2.45 bits per heavy atom. The van der Waals surface area contributed by atoms with E-state index in [-0.39, 0.29) is 0 Å². The summed E-state index contributed by atoms with van der Waals surface area (Å²) in [6, 6.07) is 0.589. The molecule has 0 heterocycles. The van der Waals surface area contributed by atoms with E-state index in [1.165, 1.54) is 6.42 Å². The van der Waals surface area contributed by atoms with Crippen LogP contribution in [0.3, 0.4) is 0 Å². The third-order valence-corrected chi connectivity index (χ3v) is 1.73. The summed E-state index contributed by atoms with van der Waals surface area (Å²) in [6.45, 7) is 11.5. The third kappa shape index (κ3) is 7.60. The molecular weight excluding hydrogens is 134 g/mol. The van der Waals surface area contributed by atoms with Gasteiger partial charge in [-0.05, 0) is 32.2 Å². The molecule has 66 valence electrons. The first-order chi connectivity index (χ1) is 5.16. The van der Waals surface area contributed by atoms with Crippen LogP contribution in [0.5, 0.6) is 0 Å². The minimum atomic E-state index is 0.589. The van der Waals surface area contributed by atoms with E-state index in [4.69, 9.17) is 0 Å². The van der Waals surface area contributed by atoms with Crippen LogP contribution in [-0.2, 0) is 0 Å². The van der Waals surface area contributed by atoms with E-state index in [1.54, 1.807) is 0 Å². The van der Waals surface area contributed by atoms with E-state index in [0.717, 1.165) is 18.9 Å². The molecule has 1 nitrogen and oxygen atoms in total. The zero-order valence-electron chi connectivity index (χ0n) is 8.06. The summed E-state index contributed by atoms with van der Waals surface area (Å²) < 4.78 is 0. The first kappa shape index (κ1) is 10.7. The Kier molecular flexibility index (Phi) is 6.24. The monoisotopic (exact) mass is 155 g/mol. The lowest BCUT2D eigenvalue weighted by molar-refractivity contribution is 0.489. The van der Waals surface area contributed by atoms with Gasteiger partial charge in [-0.3, -0.25) is 0 Å². The van der Waals surface area contributed by atoms with Crippen LogP contribution in [0.25, 0.3) is 0 Å². The number of nitrogens with one attached hydrogen (secondary N) is 1. The quantitative estimate of drug-likeness (QED) is 0.581. The zero-order chi connectivity index (χ0) is 8.69. The number of hydrogen-bond donors (Lipinski definition) is 1. The van der Waals surface area contributed by atoms with Crippen LogP contribution in [0.15, 0.2) is 12.7 Å². The molecule has 0 aromatic carbocycles. The highest BCUT2D eigenvalue weighted by molar-refractivity contribution is 4.74. The minimum Gasteiger partial charge on any atom is -0.314 e. The Morgan fingerprint density at radius 2 is 2.00 bits per heavy atom. The molecule has 11 heavy (non-hydrogen) atoms. The van der Waals surface area contributed by atoms with Gasteiger partial charge in [-0.2, -0.15) is 0 Å². The predicted octanol–water partition coefficient (Wildman–Crippen LogP) is 2.59. The standard InChI is InChI=1S/C10H21N/c1-5-6-10(4)11-8-7-9(2)3/h5,9-11H,1,6-8H2,2-4H3. The van der Waals surface area contributed by atoms with Crippen molar-refractivity contribution in [2.75, 3.05) is 6.54 Å². The molecule has 1 atom stereocenters. The Bertz CT molecular complexity index is 97.0. The van der Waals surface area contributed by atoms with Gasteiger partial charge in [0.1, 0.15) is 0 Å². The highest BCUT2D eigenvalue weighted by Gasteiger charge is 1.98. The van der Waals surface area contributed by atoms with E-state index in [2.05, 4.69) is 32.7 Å². The maximum atomic E-state index is 3.70. The molecule has 0 amide bonds. The van der Waals surface area contributed by atoms with Crippen molar-refractivity contribution in [3.05, 3.63) is 12.7 Å². The van der Waals surface area contributed by atoms with Crippen LogP contribution < -0.4 is 5.32 Å². The van der Waals surface area contributed by atoms with Crippen molar-refractivity contribution in [2.45, 2.75) is 39.7 Å². The fraction of sp³-hybridized carbons (Fsp3) is 0.800. The van der Waals surface area contributed by atoms with E-state index >= 15 is 0 Å². The second-order valence-corrected chi connectivity index (χ2v) is 3.56. The van der Waals surface area contributed by atoms with Gasteiger partial charge >= 0.3 is 0 Å². The van der Waals surface area contributed by atoms with E-state index in [9.17, 15) is 0 Å². The molecule has 0 aromatic heterocycles. The van der Waals surface area contributed by atoms with E-state index < -0.39 is 0 Å². The topological polar surface area (TPSA) is 12.0 Å². The fourth-order valence-electron chi connectivity index (χ4n) is 0.952. The summed E-state index contributed by atoms with van der Waals surface area (Å²) in [7, 11) is 0. The molecule has 1 heteroatoms. The van der Waals surface area contributed by atoms with Crippen molar-refractivity contribution in [1.29, 1.82) is 0 Å². The molecule has 0 spiro atoms. The predicted molar refractivity (Wildman–Crippen MR) is 51.7 cm³/mol. The summed E-state index contributed by atoms with van der Waals surface area (Å²) in [5.74, 6) is 0.804. The highest BCUT2D eigenvalue weighted by Crippen LogP contribution is 1.98. The smallest absolute Gasteiger partial charge is 0.00731 e. The van der Waals surface area contributed by atoms with Gasteiger partial charge in [-0.1, -0.05) is 19.9 Å². The lowest BCUT2D eigenvalue weighted by Gasteiger charge is -2.12. The highest BCUT2D eigenvalue weighted by atomic mass is 14.9. The maximum absolute atomic E-state index is 3.70. The van der Waals surface area contributed by atoms with Gasteiger partial charge in [0, 0.05) is 6.04 Å². The summed E-state index contributed by atoms with van der Waals surface area (Å²) in [5, 5.41) is 3.44. The van der Waals surface area contributed by atoms with Gasteiger partial charge in [-0.15, -0.1) is 6.58 Å². The van der Waals surface area contributed by atoms with Crippen LogP contribution in [0.4, 0.5) is 0 Å². The van der Waals surface area contributed by atoms with Gasteiger partial charge in [-0.25, -0.2) is 0 Å². The normalized spacial score (nSPS) is 13.5. The van der Waals surface area contributed by atoms with Crippen molar-refractivity contribution >= 4 is 0 Å². The van der Waals surface area contributed by atoms with Gasteiger partial charge in [0.25, 0.3) is 0 Å². The second-order valence-electron chi connectivity index (χ2n) is 3.56. The minimum absolute atomic E-state index is 0.589. The van der Waals surface area contributed by atoms with E-state index in [1.807, 2.05) is 6.08 Å². The number of hydrogen-bond acceptors (Lipinski definition) is 1. The van der Waals surface area contributed by atoms with Crippen LogP contribution in [0.1, 0.15) is 33.6 Å². The maximum Gasteiger partial charge on any atom is 0.00731 e. The van der Waals surface area contributed by atoms with Gasteiger partial charge < -0.3 is 5.32 Å². The van der Waals surface area contributed by atoms with Gasteiger partial charge in [0.05, 0.1) is 0 Å². The lowest BCUT2D eigenvalue weighted by Crippen LogP contribution is -2.27. The van der Waals surface area contributed by atoms with Gasteiger partial charge in [0.2, 0.25) is 0 Å². The molecule has 0 fully saturated rings. The van der Waals surface area contributed by atoms with Crippen molar-refractivity contribution in [1.82, 2.24) is 5.32 Å². The Balaban J connectivity index is 3.16. The molecule has 0 saturated carbocycles. The molecule has 0 aliphatic carbocycles. The Morgan fingerprint density at radius 1 is 1.36 bits per heavy atom. The molecule has 1 N–H and O–H groups in total. The first-order valence-corrected chi connectivity index (χ1v) is 4.51. The molecule has 0 radical (unpaired) electrons. The molecule has 0 aromatic rings. The molecule has 0 rings (SSSR count). The molecular formula is C10H21N. The van der Waals surface area contributed by atoms with Crippen LogP contribution in [0.2, 0.25) is 0 Å². The summed E-state index contributed by atoms with van der Waals surface area (Å²) in [4.78, 5) is 0. The SMILES string of the molecule is C=CCC(C)NCCC(C)C. The molecule has 0 bridgehead atoms. The molecule has 0 aliphatic heterocycles. The first-order valence-electron chi connectivity index (χ1n) is 4.51.